The lowest BCUT2D eigenvalue weighted by Gasteiger charge is -2.17. The molecule has 0 aliphatic heterocycles. The molecule has 0 saturated heterocycles. The molecule has 56 valence electrons. The molecule has 0 aromatic carbocycles. The molecule has 9 heavy (non-hydrogen) atoms. The molecule has 0 aliphatic rings. The van der Waals surface area contributed by atoms with Gasteiger partial charge in [0.05, 0.1) is 0 Å². The van der Waals surface area contributed by atoms with Crippen LogP contribution in [0.25, 0.3) is 0 Å². The van der Waals surface area contributed by atoms with Crippen molar-refractivity contribution >= 4 is 22.6 Å². The van der Waals surface area contributed by atoms with E-state index in [4.69, 9.17) is 10.2 Å². The highest BCUT2D eigenvalue weighted by Gasteiger charge is 2.19. The lowest BCUT2D eigenvalue weighted by Crippen LogP contribution is -2.21. The summed E-state index contributed by atoms with van der Waals surface area (Å²) < 4.78 is -1.51. The van der Waals surface area contributed by atoms with E-state index in [9.17, 15) is 0 Å². The van der Waals surface area contributed by atoms with E-state index >= 15 is 0 Å². The molecule has 1 atom stereocenters. The molecule has 0 aromatic rings. The summed E-state index contributed by atoms with van der Waals surface area (Å²) in [5.74, 6) is 0.386. The highest BCUT2D eigenvalue weighted by atomic mass is 127. The number of hydrogen-bond donors (Lipinski definition) is 2. The van der Waals surface area contributed by atoms with E-state index in [1.165, 1.54) is 0 Å². The predicted molar refractivity (Wildman–Crippen MR) is 45.3 cm³/mol. The minimum absolute atomic E-state index is 0.386. The van der Waals surface area contributed by atoms with Gasteiger partial charge in [0.15, 0.2) is 0 Å². The molecule has 0 radical (unpaired) electrons. The van der Waals surface area contributed by atoms with Crippen molar-refractivity contribution in [2.75, 3.05) is 0 Å². The Morgan fingerprint density at radius 3 is 2.11 bits per heavy atom. The van der Waals surface area contributed by atoms with Crippen LogP contribution in [0.3, 0.4) is 0 Å². The van der Waals surface area contributed by atoms with Crippen LogP contribution in [0.1, 0.15) is 26.7 Å². The first kappa shape index (κ1) is 9.65. The molecule has 3 heteroatoms. The summed E-state index contributed by atoms with van der Waals surface area (Å²) in [5.41, 5.74) is 0. The second-order valence-corrected chi connectivity index (χ2v) is 4.16. The van der Waals surface area contributed by atoms with Crippen LogP contribution in [0.2, 0.25) is 0 Å². The maximum Gasteiger partial charge on any atom is 0.216 e. The smallest absolute Gasteiger partial charge is 0.216 e. The van der Waals surface area contributed by atoms with E-state index in [1.807, 2.05) is 13.8 Å². The quantitative estimate of drug-likeness (QED) is 0.448. The lowest BCUT2D eigenvalue weighted by molar-refractivity contribution is -0.0726. The van der Waals surface area contributed by atoms with Crippen LogP contribution in [-0.4, -0.2) is 14.0 Å². The number of alkyl halides is 1. The van der Waals surface area contributed by atoms with Gasteiger partial charge in [-0.25, -0.2) is 0 Å². The number of halogens is 1. The average molecular weight is 244 g/mol. The fraction of sp³-hybridized carbons (Fsp3) is 1.00. The van der Waals surface area contributed by atoms with Crippen molar-refractivity contribution < 1.29 is 10.2 Å². The van der Waals surface area contributed by atoms with E-state index in [0.717, 1.165) is 6.42 Å². The van der Waals surface area contributed by atoms with Crippen LogP contribution >= 0.6 is 22.6 Å². The second kappa shape index (κ2) is 3.73. The Labute approximate surface area is 69.4 Å². The Kier molecular flexibility index (Phi) is 4.00. The van der Waals surface area contributed by atoms with Crippen molar-refractivity contribution in [1.29, 1.82) is 0 Å². The van der Waals surface area contributed by atoms with E-state index in [-0.39, 0.29) is 0 Å². The third kappa shape index (κ3) is 6.54. The van der Waals surface area contributed by atoms with Crippen molar-refractivity contribution in [2.24, 2.45) is 5.92 Å². The van der Waals surface area contributed by atoms with Gasteiger partial charge in [0, 0.05) is 6.42 Å². The van der Waals surface area contributed by atoms with Gasteiger partial charge in [-0.15, -0.1) is 0 Å². The molecule has 0 aliphatic carbocycles. The predicted octanol–water partition coefficient (Wildman–Crippen LogP) is 1.50. The largest absolute Gasteiger partial charge is 0.358 e. The third-order valence-corrected chi connectivity index (χ3v) is 1.75. The molecule has 0 bridgehead atoms. The maximum atomic E-state index is 8.86. The van der Waals surface area contributed by atoms with Gasteiger partial charge in [0.25, 0.3) is 0 Å². The van der Waals surface area contributed by atoms with Gasteiger partial charge in [-0.05, 0) is 28.5 Å². The van der Waals surface area contributed by atoms with Crippen LogP contribution in [0.5, 0.6) is 0 Å². The van der Waals surface area contributed by atoms with Gasteiger partial charge < -0.3 is 10.2 Å². The SMILES string of the molecule is CCC(C)CC(O)(O)I. The Balaban J connectivity index is 3.47. The van der Waals surface area contributed by atoms with Crippen LogP contribution < -0.4 is 0 Å². The van der Waals surface area contributed by atoms with Crippen LogP contribution in [-0.2, 0) is 0 Å². The summed E-state index contributed by atoms with van der Waals surface area (Å²) >= 11 is 1.63. The first-order chi connectivity index (χ1) is 3.95. The Bertz CT molecular complexity index is 77.6. The van der Waals surface area contributed by atoms with Gasteiger partial charge in [-0.2, -0.15) is 0 Å². The summed E-state index contributed by atoms with van der Waals surface area (Å²) in [5, 5.41) is 17.7. The molecule has 1 unspecified atom stereocenters. The van der Waals surface area contributed by atoms with E-state index in [2.05, 4.69) is 0 Å². The fourth-order valence-electron chi connectivity index (χ4n) is 0.588. The third-order valence-electron chi connectivity index (χ3n) is 1.31. The zero-order valence-corrected chi connectivity index (χ0v) is 7.92. The molecule has 2 N–H and O–H groups in total. The minimum atomic E-state index is -1.51. The summed E-state index contributed by atoms with van der Waals surface area (Å²) in [7, 11) is 0. The zero-order valence-electron chi connectivity index (χ0n) is 5.76. The van der Waals surface area contributed by atoms with Crippen molar-refractivity contribution in [3.8, 4) is 0 Å². The standard InChI is InChI=1S/C6H13IO2/c1-3-5(2)4-6(7,8)9/h5,8-9H,3-4H2,1-2H3. The topological polar surface area (TPSA) is 40.5 Å². The van der Waals surface area contributed by atoms with Crippen LogP contribution in [0.4, 0.5) is 0 Å². The summed E-state index contributed by atoms with van der Waals surface area (Å²) in [6, 6.07) is 0. The highest BCUT2D eigenvalue weighted by Crippen LogP contribution is 2.22. The molecule has 0 rings (SSSR count). The lowest BCUT2D eigenvalue weighted by atomic mass is 10.1. The van der Waals surface area contributed by atoms with Gasteiger partial charge in [-0.1, -0.05) is 20.3 Å². The highest BCUT2D eigenvalue weighted by molar-refractivity contribution is 14.1. The monoisotopic (exact) mass is 244 g/mol. The molecule has 0 amide bonds. The second-order valence-electron chi connectivity index (χ2n) is 2.44. The zero-order chi connectivity index (χ0) is 7.49. The van der Waals surface area contributed by atoms with Crippen LogP contribution in [0.15, 0.2) is 0 Å². The Hall–Kier alpha value is 0.650. The van der Waals surface area contributed by atoms with Gasteiger partial charge in [0.1, 0.15) is 0 Å². The van der Waals surface area contributed by atoms with Gasteiger partial charge in [0.2, 0.25) is 3.79 Å². The molecular formula is C6H13IO2. The normalized spacial score (nSPS) is 15.7. The Morgan fingerprint density at radius 2 is 2.00 bits per heavy atom. The molecule has 0 spiro atoms. The number of hydrogen-bond acceptors (Lipinski definition) is 2. The minimum Gasteiger partial charge on any atom is -0.358 e. The molecule has 0 heterocycles. The van der Waals surface area contributed by atoms with Gasteiger partial charge in [-0.3, -0.25) is 0 Å². The number of rotatable bonds is 3. The van der Waals surface area contributed by atoms with Gasteiger partial charge >= 0.3 is 0 Å². The Morgan fingerprint density at radius 1 is 1.56 bits per heavy atom. The first-order valence-electron chi connectivity index (χ1n) is 3.09. The molecule has 0 saturated carbocycles. The summed E-state index contributed by atoms with van der Waals surface area (Å²) in [4.78, 5) is 0. The van der Waals surface area contributed by atoms with E-state index in [0.29, 0.717) is 12.3 Å². The molecular weight excluding hydrogens is 231 g/mol. The van der Waals surface area contributed by atoms with Crippen molar-refractivity contribution in [3.63, 3.8) is 0 Å². The summed E-state index contributed by atoms with van der Waals surface area (Å²) in [6.45, 7) is 4.03. The van der Waals surface area contributed by atoms with E-state index < -0.39 is 3.79 Å². The molecule has 2 nitrogen and oxygen atoms in total. The first-order valence-corrected chi connectivity index (χ1v) is 4.17. The summed E-state index contributed by atoms with van der Waals surface area (Å²) in [6.07, 6.45) is 1.44. The van der Waals surface area contributed by atoms with Crippen molar-refractivity contribution in [2.45, 2.75) is 30.5 Å². The molecule has 0 fully saturated rings. The van der Waals surface area contributed by atoms with E-state index in [1.54, 1.807) is 22.6 Å². The van der Waals surface area contributed by atoms with Crippen molar-refractivity contribution in [1.82, 2.24) is 0 Å². The van der Waals surface area contributed by atoms with Crippen molar-refractivity contribution in [3.05, 3.63) is 0 Å². The fourth-order valence-corrected chi connectivity index (χ4v) is 1.34. The van der Waals surface area contributed by atoms with Crippen LogP contribution in [0, 0.1) is 5.92 Å². The molecule has 0 aromatic heterocycles. The number of aliphatic hydroxyl groups is 2. The maximum absolute atomic E-state index is 8.86. The average Bonchev–Trinajstić information content (AvgIpc) is 1.62.